The highest BCUT2D eigenvalue weighted by Gasteiger charge is 2.28. The first-order chi connectivity index (χ1) is 9.01. The van der Waals surface area contributed by atoms with Crippen LogP contribution in [0.3, 0.4) is 0 Å². The molecule has 3 atom stereocenters. The zero-order valence-corrected chi connectivity index (χ0v) is 13.0. The van der Waals surface area contributed by atoms with Crippen LogP contribution in [-0.2, 0) is 0 Å². The normalized spacial score (nSPS) is 25.7. The number of rotatable bonds is 4. The molecular weight excluding hydrogens is 232 g/mol. The minimum absolute atomic E-state index is 0.438. The molecule has 1 aromatic rings. The van der Waals surface area contributed by atoms with Gasteiger partial charge in [0.15, 0.2) is 0 Å². The number of nitrogens with one attached hydrogen (secondary N) is 1. The SMILES string of the molecule is CNC(CN1CC(C)CC1C)c1ccc(C)cc1C. The van der Waals surface area contributed by atoms with Crippen molar-refractivity contribution >= 4 is 0 Å². The van der Waals surface area contributed by atoms with E-state index in [1.807, 2.05) is 0 Å². The second-order valence-corrected chi connectivity index (χ2v) is 6.35. The summed E-state index contributed by atoms with van der Waals surface area (Å²) in [5.74, 6) is 0.839. The van der Waals surface area contributed by atoms with Gasteiger partial charge in [-0.15, -0.1) is 0 Å². The Morgan fingerprint density at radius 2 is 2.05 bits per heavy atom. The van der Waals surface area contributed by atoms with Gasteiger partial charge in [-0.05, 0) is 51.3 Å². The van der Waals surface area contributed by atoms with Gasteiger partial charge >= 0.3 is 0 Å². The summed E-state index contributed by atoms with van der Waals surface area (Å²) in [7, 11) is 2.08. The molecule has 1 aliphatic rings. The van der Waals surface area contributed by atoms with Crippen LogP contribution in [0.5, 0.6) is 0 Å². The van der Waals surface area contributed by atoms with Crippen molar-refractivity contribution in [3.63, 3.8) is 0 Å². The monoisotopic (exact) mass is 260 g/mol. The van der Waals surface area contributed by atoms with Crippen molar-refractivity contribution in [3.05, 3.63) is 34.9 Å². The summed E-state index contributed by atoms with van der Waals surface area (Å²) in [5, 5.41) is 3.50. The molecule has 2 nitrogen and oxygen atoms in total. The summed E-state index contributed by atoms with van der Waals surface area (Å²) in [6, 6.07) is 7.96. The molecule has 0 aliphatic carbocycles. The minimum Gasteiger partial charge on any atom is -0.312 e. The molecule has 19 heavy (non-hydrogen) atoms. The largest absolute Gasteiger partial charge is 0.312 e. The third-order valence-corrected chi connectivity index (χ3v) is 4.48. The first kappa shape index (κ1) is 14.5. The summed E-state index contributed by atoms with van der Waals surface area (Å²) in [5.41, 5.74) is 4.19. The van der Waals surface area contributed by atoms with Crippen LogP contribution in [0.4, 0.5) is 0 Å². The van der Waals surface area contributed by atoms with E-state index in [9.17, 15) is 0 Å². The van der Waals surface area contributed by atoms with E-state index in [0.717, 1.165) is 18.5 Å². The van der Waals surface area contributed by atoms with E-state index in [4.69, 9.17) is 0 Å². The maximum Gasteiger partial charge on any atom is 0.0449 e. The highest BCUT2D eigenvalue weighted by molar-refractivity contribution is 5.33. The van der Waals surface area contributed by atoms with Crippen molar-refractivity contribution in [2.45, 2.75) is 46.2 Å². The van der Waals surface area contributed by atoms with Crippen LogP contribution in [0, 0.1) is 19.8 Å². The number of likely N-dealkylation sites (N-methyl/N-ethyl adjacent to an activating group) is 1. The van der Waals surface area contributed by atoms with Crippen LogP contribution < -0.4 is 5.32 Å². The van der Waals surface area contributed by atoms with E-state index in [2.05, 4.69) is 63.2 Å². The fourth-order valence-corrected chi connectivity index (χ4v) is 3.44. The van der Waals surface area contributed by atoms with Crippen molar-refractivity contribution in [3.8, 4) is 0 Å². The molecule has 2 rings (SSSR count). The molecule has 1 saturated heterocycles. The Hall–Kier alpha value is -0.860. The summed E-state index contributed by atoms with van der Waals surface area (Å²) in [4.78, 5) is 2.63. The third-order valence-electron chi connectivity index (χ3n) is 4.48. The standard InChI is InChI=1S/C17H28N2/c1-12-6-7-16(14(3)8-12)17(18-5)11-19-10-13(2)9-15(19)4/h6-8,13,15,17-18H,9-11H2,1-5H3. The summed E-state index contributed by atoms with van der Waals surface area (Å²) >= 11 is 0. The Morgan fingerprint density at radius 3 is 2.58 bits per heavy atom. The van der Waals surface area contributed by atoms with Gasteiger partial charge in [0.25, 0.3) is 0 Å². The summed E-state index contributed by atoms with van der Waals surface area (Å²) in [6.45, 7) is 11.5. The van der Waals surface area contributed by atoms with Gasteiger partial charge in [0.05, 0.1) is 0 Å². The van der Waals surface area contributed by atoms with Gasteiger partial charge in [0, 0.05) is 25.2 Å². The molecule has 0 spiro atoms. The number of likely N-dealkylation sites (tertiary alicyclic amines) is 1. The molecule has 1 N–H and O–H groups in total. The lowest BCUT2D eigenvalue weighted by molar-refractivity contribution is 0.238. The van der Waals surface area contributed by atoms with Gasteiger partial charge < -0.3 is 5.32 Å². The summed E-state index contributed by atoms with van der Waals surface area (Å²) in [6.07, 6.45) is 1.34. The van der Waals surface area contributed by atoms with Crippen LogP contribution in [0.15, 0.2) is 18.2 Å². The van der Waals surface area contributed by atoms with Crippen LogP contribution in [-0.4, -0.2) is 31.1 Å². The fraction of sp³-hybridized carbons (Fsp3) is 0.647. The average Bonchev–Trinajstić information content (AvgIpc) is 2.65. The topological polar surface area (TPSA) is 15.3 Å². The molecule has 1 aromatic carbocycles. The van der Waals surface area contributed by atoms with Crippen LogP contribution in [0.1, 0.15) is 43.0 Å². The average molecular weight is 260 g/mol. The molecule has 2 heteroatoms. The van der Waals surface area contributed by atoms with E-state index in [1.165, 1.54) is 29.7 Å². The maximum atomic E-state index is 3.50. The van der Waals surface area contributed by atoms with Crippen molar-refractivity contribution in [1.82, 2.24) is 10.2 Å². The highest BCUT2D eigenvalue weighted by atomic mass is 15.2. The second-order valence-electron chi connectivity index (χ2n) is 6.35. The number of aryl methyl sites for hydroxylation is 2. The molecule has 1 aliphatic heterocycles. The van der Waals surface area contributed by atoms with E-state index in [0.29, 0.717) is 6.04 Å². The smallest absolute Gasteiger partial charge is 0.0449 e. The van der Waals surface area contributed by atoms with Gasteiger partial charge in [-0.2, -0.15) is 0 Å². The van der Waals surface area contributed by atoms with E-state index in [1.54, 1.807) is 0 Å². The van der Waals surface area contributed by atoms with Crippen molar-refractivity contribution < 1.29 is 0 Å². The highest BCUT2D eigenvalue weighted by Crippen LogP contribution is 2.26. The Morgan fingerprint density at radius 1 is 1.32 bits per heavy atom. The predicted octanol–water partition coefficient (Wildman–Crippen LogP) is 3.29. The van der Waals surface area contributed by atoms with E-state index < -0.39 is 0 Å². The molecular formula is C17H28N2. The van der Waals surface area contributed by atoms with Crippen LogP contribution in [0.25, 0.3) is 0 Å². The lowest BCUT2D eigenvalue weighted by atomic mass is 9.98. The molecule has 0 aromatic heterocycles. The van der Waals surface area contributed by atoms with Gasteiger partial charge in [-0.3, -0.25) is 4.90 Å². The number of benzene rings is 1. The van der Waals surface area contributed by atoms with E-state index >= 15 is 0 Å². The first-order valence-electron chi connectivity index (χ1n) is 7.49. The Kier molecular flexibility index (Phi) is 4.64. The van der Waals surface area contributed by atoms with Crippen molar-refractivity contribution in [2.24, 2.45) is 5.92 Å². The molecule has 0 bridgehead atoms. The molecule has 0 saturated carbocycles. The van der Waals surface area contributed by atoms with Crippen molar-refractivity contribution in [2.75, 3.05) is 20.1 Å². The van der Waals surface area contributed by atoms with E-state index in [-0.39, 0.29) is 0 Å². The predicted molar refractivity (Wildman–Crippen MR) is 82.5 cm³/mol. The molecule has 1 heterocycles. The Bertz CT molecular complexity index is 427. The van der Waals surface area contributed by atoms with Gasteiger partial charge in [0.1, 0.15) is 0 Å². The quantitative estimate of drug-likeness (QED) is 0.893. The minimum atomic E-state index is 0.438. The molecule has 0 radical (unpaired) electrons. The maximum absolute atomic E-state index is 3.50. The third kappa shape index (κ3) is 3.37. The number of hydrogen-bond donors (Lipinski definition) is 1. The molecule has 1 fully saturated rings. The number of nitrogens with zero attached hydrogens (tertiary/aromatic N) is 1. The lowest BCUT2D eigenvalue weighted by Crippen LogP contribution is -2.36. The lowest BCUT2D eigenvalue weighted by Gasteiger charge is -2.28. The van der Waals surface area contributed by atoms with Crippen LogP contribution in [0.2, 0.25) is 0 Å². The fourth-order valence-electron chi connectivity index (χ4n) is 3.44. The Labute approximate surface area is 118 Å². The van der Waals surface area contributed by atoms with Gasteiger partial charge in [-0.25, -0.2) is 0 Å². The molecule has 0 amide bonds. The number of hydrogen-bond acceptors (Lipinski definition) is 2. The second kappa shape index (κ2) is 6.06. The first-order valence-corrected chi connectivity index (χ1v) is 7.49. The molecule has 3 unspecified atom stereocenters. The van der Waals surface area contributed by atoms with Gasteiger partial charge in [0.2, 0.25) is 0 Å². The summed E-state index contributed by atoms with van der Waals surface area (Å²) < 4.78 is 0. The van der Waals surface area contributed by atoms with Crippen molar-refractivity contribution in [1.29, 1.82) is 0 Å². The molecule has 106 valence electrons. The van der Waals surface area contributed by atoms with Gasteiger partial charge in [-0.1, -0.05) is 30.7 Å². The zero-order chi connectivity index (χ0) is 14.0. The Balaban J connectivity index is 2.12. The van der Waals surface area contributed by atoms with Crippen LogP contribution >= 0.6 is 0 Å². The zero-order valence-electron chi connectivity index (χ0n) is 13.0.